The van der Waals surface area contributed by atoms with Crippen LogP contribution in [0.3, 0.4) is 0 Å². The molecule has 0 bridgehead atoms. The second-order valence-corrected chi connectivity index (χ2v) is 17.0. The molecular weight excluding hydrogens is 1070 g/mol. The van der Waals surface area contributed by atoms with Gasteiger partial charge in [-0.25, -0.2) is 19.2 Å². The average Bonchev–Trinajstić information content (AvgIpc) is 4.11. The Balaban J connectivity index is 1.25. The van der Waals surface area contributed by atoms with Crippen molar-refractivity contribution in [1.29, 1.82) is 0 Å². The Labute approximate surface area is 447 Å². The summed E-state index contributed by atoms with van der Waals surface area (Å²) in [5.74, 6) is -12.5. The number of hydrogen-bond donors (Lipinski definition) is 0. The first-order valence-electron chi connectivity index (χ1n) is 24.6. The Hall–Kier alpha value is -7.88. The molecule has 2 unspecified atom stereocenters. The average molecular weight is 1130 g/mol. The molecule has 0 spiro atoms. The van der Waals surface area contributed by atoms with E-state index in [1.165, 1.54) is 0 Å². The highest BCUT2D eigenvalue weighted by atomic mass is 16.8. The molecule has 4 aliphatic rings. The fourth-order valence-corrected chi connectivity index (χ4v) is 6.60. The number of imide groups is 4. The third-order valence-electron chi connectivity index (χ3n) is 10.7. The van der Waals surface area contributed by atoms with Crippen LogP contribution < -0.4 is 0 Å². The van der Waals surface area contributed by atoms with E-state index in [-0.39, 0.29) is 142 Å². The van der Waals surface area contributed by atoms with Crippen molar-refractivity contribution in [2.75, 3.05) is 53.6 Å². The van der Waals surface area contributed by atoms with Gasteiger partial charge in [-0.15, -0.1) is 20.3 Å². The maximum absolute atomic E-state index is 12.4. The fraction of sp³-hybridized carbons (Fsp3) is 0.652. The van der Waals surface area contributed by atoms with Crippen LogP contribution in [0.15, 0.2) is 0 Å². The van der Waals surface area contributed by atoms with Gasteiger partial charge in [0.25, 0.3) is 47.3 Å². The van der Waals surface area contributed by atoms with Gasteiger partial charge in [-0.05, 0) is 25.7 Å². The van der Waals surface area contributed by atoms with Crippen LogP contribution in [0.5, 0.6) is 0 Å². The Morgan fingerprint density at radius 3 is 0.734 bits per heavy atom. The molecule has 0 aromatic rings. The van der Waals surface area contributed by atoms with Crippen molar-refractivity contribution in [3.63, 3.8) is 0 Å². The number of nitrogens with zero attached hydrogens (tertiary/aromatic N) is 4. The van der Waals surface area contributed by atoms with Crippen LogP contribution >= 0.6 is 0 Å². The second-order valence-electron chi connectivity index (χ2n) is 17.0. The summed E-state index contributed by atoms with van der Waals surface area (Å²) in [5.41, 5.74) is 0. The minimum atomic E-state index is -1.11. The molecule has 4 rings (SSSR count). The smallest absolute Gasteiger partial charge is 0.333 e. The fourth-order valence-electron chi connectivity index (χ4n) is 6.60. The Bertz CT molecular complexity index is 2070. The Morgan fingerprint density at radius 1 is 0.291 bits per heavy atom. The topological polar surface area (TPSA) is 406 Å². The van der Waals surface area contributed by atoms with Gasteiger partial charge in [-0.1, -0.05) is 0 Å². The van der Waals surface area contributed by atoms with Gasteiger partial charge < -0.3 is 62.0 Å². The van der Waals surface area contributed by atoms with Crippen LogP contribution in [0.1, 0.15) is 128 Å². The number of hydroxylamine groups is 8. The van der Waals surface area contributed by atoms with E-state index in [4.69, 9.17) is 62.0 Å². The lowest BCUT2D eigenvalue weighted by atomic mass is 10.2. The number of hydrogen-bond acceptors (Lipinski definition) is 29. The van der Waals surface area contributed by atoms with Crippen LogP contribution in [-0.2, 0) is 139 Å². The SMILES string of the molecule is O=C(CCCC(=O)ON1C(=O)CCC1=O)OCOCC(COCC(COCOC(=O)CCCC(=O)ON1C(=O)CCC1=O)OCOC(=O)CCCC(=O)ON1C(=O)CCC1=O)OCOC(=O)CCCC(=O)ON1C(=O)CCC1=O. The molecule has 4 aliphatic heterocycles. The molecular formula is C46H58N4O29. The lowest BCUT2D eigenvalue weighted by Crippen LogP contribution is -2.33. The third-order valence-corrected chi connectivity index (χ3v) is 10.7. The molecule has 33 nitrogen and oxygen atoms in total. The van der Waals surface area contributed by atoms with Crippen molar-refractivity contribution in [2.45, 2.75) is 141 Å². The quantitative estimate of drug-likeness (QED) is 0.0233. The van der Waals surface area contributed by atoms with Gasteiger partial charge in [-0.3, -0.25) is 57.5 Å². The van der Waals surface area contributed by atoms with E-state index in [9.17, 15) is 76.7 Å². The van der Waals surface area contributed by atoms with Crippen LogP contribution in [0.2, 0.25) is 0 Å². The van der Waals surface area contributed by atoms with Gasteiger partial charge in [0.1, 0.15) is 12.2 Å². The zero-order chi connectivity index (χ0) is 57.7. The number of ether oxygens (including phenoxy) is 9. The van der Waals surface area contributed by atoms with Gasteiger partial charge in [0, 0.05) is 103 Å². The van der Waals surface area contributed by atoms with E-state index in [0.717, 1.165) is 0 Å². The summed E-state index contributed by atoms with van der Waals surface area (Å²) in [4.78, 5) is 210. The second kappa shape index (κ2) is 34.1. The monoisotopic (exact) mass is 1130 g/mol. The molecule has 0 aliphatic carbocycles. The minimum absolute atomic E-state index is 0.0807. The lowest BCUT2D eigenvalue weighted by Gasteiger charge is -2.21. The van der Waals surface area contributed by atoms with Crippen molar-refractivity contribution in [3.05, 3.63) is 0 Å². The molecule has 0 aromatic carbocycles. The van der Waals surface area contributed by atoms with Crippen molar-refractivity contribution < 1.29 is 139 Å². The maximum Gasteiger partial charge on any atom is 0.333 e. The highest BCUT2D eigenvalue weighted by Crippen LogP contribution is 2.17. The first-order valence-corrected chi connectivity index (χ1v) is 24.6. The number of amides is 8. The van der Waals surface area contributed by atoms with E-state index < -0.39 is 148 Å². The normalized spacial score (nSPS) is 16.1. The standard InChI is InChI=1S/C46H58N4O29/c51-31-13-14-32(52)47(31)76-43(63)9-1-5-39(59)72-25-68-23-29(70-27-74-41(61)7-3-11-45(65)78-49-35(55)17-18-36(49)56)21-67-22-30(71-28-75-42(62)8-4-12-46(66)79-50-37(57)19-20-38(50)58)24-69-26-73-40(60)6-2-10-44(64)77-48-33(53)15-16-34(48)54/h29-30H,1-28H2. The van der Waals surface area contributed by atoms with Crippen LogP contribution in [0.4, 0.5) is 0 Å². The summed E-state index contributed by atoms with van der Waals surface area (Å²) in [5, 5.41) is 1.46. The Morgan fingerprint density at radius 2 is 0.494 bits per heavy atom. The molecule has 79 heavy (non-hydrogen) atoms. The van der Waals surface area contributed by atoms with E-state index >= 15 is 0 Å². The largest absolute Gasteiger partial charge is 0.438 e. The third kappa shape index (κ3) is 24.1. The van der Waals surface area contributed by atoms with Gasteiger partial charge in [-0.2, -0.15) is 0 Å². The number of carbonyl (C=O) groups excluding carboxylic acids is 16. The summed E-state index contributed by atoms with van der Waals surface area (Å²) in [6.45, 7) is -4.27. The van der Waals surface area contributed by atoms with Gasteiger partial charge in [0.05, 0.1) is 26.4 Å². The zero-order valence-electron chi connectivity index (χ0n) is 42.6. The van der Waals surface area contributed by atoms with Gasteiger partial charge >= 0.3 is 47.8 Å². The van der Waals surface area contributed by atoms with Crippen LogP contribution in [0, 0.1) is 0 Å². The highest BCUT2D eigenvalue weighted by molar-refractivity contribution is 6.03. The minimum Gasteiger partial charge on any atom is -0.438 e. The first kappa shape index (κ1) is 63.7. The predicted octanol–water partition coefficient (Wildman–Crippen LogP) is -1.08. The van der Waals surface area contributed by atoms with E-state index in [1.54, 1.807) is 0 Å². The van der Waals surface area contributed by atoms with Crippen LogP contribution in [-0.4, -0.2) is 181 Å². The molecule has 436 valence electrons. The molecule has 4 fully saturated rings. The predicted molar refractivity (Wildman–Crippen MR) is 240 cm³/mol. The molecule has 33 heteroatoms. The first-order chi connectivity index (χ1) is 37.8. The summed E-state index contributed by atoms with van der Waals surface area (Å²) in [6.07, 6.45) is -6.06. The zero-order valence-corrected chi connectivity index (χ0v) is 42.6. The lowest BCUT2D eigenvalue weighted by molar-refractivity contribution is -0.197. The van der Waals surface area contributed by atoms with Gasteiger partial charge in [0.2, 0.25) is 0 Å². The number of esters is 4. The molecule has 0 N–H and O–H groups in total. The van der Waals surface area contributed by atoms with Crippen molar-refractivity contribution >= 4 is 95.0 Å². The summed E-state index contributed by atoms with van der Waals surface area (Å²) >= 11 is 0. The van der Waals surface area contributed by atoms with Crippen LogP contribution in [0.25, 0.3) is 0 Å². The number of rotatable bonds is 38. The van der Waals surface area contributed by atoms with Crippen molar-refractivity contribution in [3.8, 4) is 0 Å². The van der Waals surface area contributed by atoms with E-state index in [2.05, 4.69) is 0 Å². The molecule has 4 heterocycles. The molecule has 8 amide bonds. The maximum atomic E-state index is 12.4. The van der Waals surface area contributed by atoms with E-state index in [0.29, 0.717) is 20.3 Å². The Kier molecular flexibility index (Phi) is 27.5. The highest BCUT2D eigenvalue weighted by Gasteiger charge is 2.36. The van der Waals surface area contributed by atoms with Crippen molar-refractivity contribution in [2.24, 2.45) is 0 Å². The summed E-state index contributed by atoms with van der Waals surface area (Å²) in [7, 11) is 0. The number of carbonyl (C=O) groups is 16. The molecule has 2 atom stereocenters. The van der Waals surface area contributed by atoms with E-state index in [1.807, 2.05) is 0 Å². The molecule has 4 saturated heterocycles. The molecule has 0 aromatic heterocycles. The molecule has 0 radical (unpaired) electrons. The summed E-state index contributed by atoms with van der Waals surface area (Å²) < 4.78 is 47.9. The van der Waals surface area contributed by atoms with Crippen molar-refractivity contribution in [1.82, 2.24) is 20.3 Å². The summed E-state index contributed by atoms with van der Waals surface area (Å²) in [6, 6.07) is 0. The van der Waals surface area contributed by atoms with Gasteiger partial charge in [0.15, 0.2) is 27.2 Å². The molecule has 0 saturated carbocycles.